The summed E-state index contributed by atoms with van der Waals surface area (Å²) in [6.07, 6.45) is 2.81. The maximum Gasteiger partial charge on any atom is 0.139 e. The van der Waals surface area contributed by atoms with Crippen LogP contribution in [0.1, 0.15) is 12.0 Å². The maximum atomic E-state index is 4.58. The van der Waals surface area contributed by atoms with E-state index >= 15 is 0 Å². The molecule has 1 aliphatic heterocycles. The van der Waals surface area contributed by atoms with Gasteiger partial charge in [-0.1, -0.05) is 29.8 Å². The number of nitrogens with zero attached hydrogens (tertiary/aromatic N) is 4. The second-order valence-corrected chi connectivity index (χ2v) is 6.38. The predicted molar refractivity (Wildman–Crippen MR) is 99.8 cm³/mol. The summed E-state index contributed by atoms with van der Waals surface area (Å²) in [5, 5.41) is 1.14. The van der Waals surface area contributed by atoms with Gasteiger partial charge in [0.15, 0.2) is 0 Å². The maximum absolute atomic E-state index is 4.58. The molecule has 4 heteroatoms. The Kier molecular flexibility index (Phi) is 4.03. The lowest BCUT2D eigenvalue weighted by Crippen LogP contribution is -2.31. The van der Waals surface area contributed by atoms with Gasteiger partial charge in [-0.3, -0.25) is 0 Å². The molecule has 0 unspecified atom stereocenters. The fraction of sp³-hybridized carbons (Fsp3) is 0.300. The SMILES string of the molecule is Cc1ccc(N2CCCN(c3ncnc4ccccc34)CC2)cc1. The zero-order valence-electron chi connectivity index (χ0n) is 14.0. The van der Waals surface area contributed by atoms with Crippen molar-refractivity contribution in [1.82, 2.24) is 9.97 Å². The van der Waals surface area contributed by atoms with Crippen LogP contribution in [0.2, 0.25) is 0 Å². The highest BCUT2D eigenvalue weighted by Gasteiger charge is 2.18. The molecule has 1 aliphatic rings. The Labute approximate surface area is 142 Å². The van der Waals surface area contributed by atoms with Crippen molar-refractivity contribution in [2.75, 3.05) is 36.0 Å². The molecule has 0 aliphatic carbocycles. The highest BCUT2D eigenvalue weighted by molar-refractivity contribution is 5.89. The van der Waals surface area contributed by atoms with Crippen molar-refractivity contribution in [3.8, 4) is 0 Å². The van der Waals surface area contributed by atoms with Gasteiger partial charge in [-0.05, 0) is 37.6 Å². The first-order valence-electron chi connectivity index (χ1n) is 8.57. The Morgan fingerprint density at radius 1 is 0.792 bits per heavy atom. The number of aromatic nitrogens is 2. The molecule has 0 bridgehead atoms. The minimum Gasteiger partial charge on any atom is -0.370 e. The molecule has 2 heterocycles. The van der Waals surface area contributed by atoms with Crippen molar-refractivity contribution in [2.45, 2.75) is 13.3 Å². The Bertz CT molecular complexity index is 823. The predicted octanol–water partition coefficient (Wildman–Crippen LogP) is 3.65. The summed E-state index contributed by atoms with van der Waals surface area (Å²) in [6, 6.07) is 17.1. The van der Waals surface area contributed by atoms with Crippen LogP contribution in [0, 0.1) is 6.92 Å². The van der Waals surface area contributed by atoms with Gasteiger partial charge >= 0.3 is 0 Å². The number of fused-ring (bicyclic) bond motifs is 1. The average Bonchev–Trinajstić information content (AvgIpc) is 2.88. The first kappa shape index (κ1) is 14.9. The Morgan fingerprint density at radius 3 is 2.42 bits per heavy atom. The van der Waals surface area contributed by atoms with Crippen LogP contribution in [-0.2, 0) is 0 Å². The Morgan fingerprint density at radius 2 is 1.54 bits per heavy atom. The van der Waals surface area contributed by atoms with E-state index in [0.29, 0.717) is 0 Å². The third kappa shape index (κ3) is 2.92. The van der Waals surface area contributed by atoms with Crippen molar-refractivity contribution >= 4 is 22.4 Å². The molecular weight excluding hydrogens is 296 g/mol. The third-order valence-corrected chi connectivity index (χ3v) is 4.72. The van der Waals surface area contributed by atoms with Crippen molar-refractivity contribution in [2.24, 2.45) is 0 Å². The van der Waals surface area contributed by atoms with Crippen molar-refractivity contribution < 1.29 is 0 Å². The number of rotatable bonds is 2. The lowest BCUT2D eigenvalue weighted by molar-refractivity contribution is 0.799. The van der Waals surface area contributed by atoms with Crippen molar-refractivity contribution in [3.63, 3.8) is 0 Å². The minimum absolute atomic E-state index is 0.981. The van der Waals surface area contributed by atoms with Gasteiger partial charge in [0, 0.05) is 37.3 Å². The molecule has 3 aromatic rings. The largest absolute Gasteiger partial charge is 0.370 e. The molecule has 1 aromatic heterocycles. The Balaban J connectivity index is 1.57. The number of para-hydroxylation sites is 1. The molecule has 1 saturated heterocycles. The third-order valence-electron chi connectivity index (χ3n) is 4.72. The van der Waals surface area contributed by atoms with Gasteiger partial charge in [-0.25, -0.2) is 9.97 Å². The van der Waals surface area contributed by atoms with Crippen LogP contribution in [0.5, 0.6) is 0 Å². The van der Waals surface area contributed by atoms with Gasteiger partial charge in [0.1, 0.15) is 12.1 Å². The van der Waals surface area contributed by atoms with Crippen LogP contribution >= 0.6 is 0 Å². The van der Waals surface area contributed by atoms with Crippen LogP contribution in [0.4, 0.5) is 11.5 Å². The second kappa shape index (κ2) is 6.48. The normalized spacial score (nSPS) is 15.5. The summed E-state index contributed by atoms with van der Waals surface area (Å²) in [5.74, 6) is 1.06. The molecule has 2 aromatic carbocycles. The molecule has 0 spiro atoms. The standard InChI is InChI=1S/C20H22N4/c1-16-7-9-17(10-8-16)23-11-4-12-24(14-13-23)20-18-5-2-3-6-19(18)21-15-22-20/h2-3,5-10,15H,4,11-14H2,1H3. The summed E-state index contributed by atoms with van der Waals surface area (Å²) < 4.78 is 0. The van der Waals surface area contributed by atoms with E-state index < -0.39 is 0 Å². The van der Waals surface area contributed by atoms with Crippen LogP contribution in [-0.4, -0.2) is 36.1 Å². The first-order valence-corrected chi connectivity index (χ1v) is 8.57. The fourth-order valence-corrected chi connectivity index (χ4v) is 3.39. The van der Waals surface area contributed by atoms with Crippen LogP contribution in [0.25, 0.3) is 10.9 Å². The number of hydrogen-bond donors (Lipinski definition) is 0. The Hall–Kier alpha value is -2.62. The van der Waals surface area contributed by atoms with Gasteiger partial charge in [0.25, 0.3) is 0 Å². The number of aryl methyl sites for hydroxylation is 1. The zero-order valence-corrected chi connectivity index (χ0v) is 14.0. The van der Waals surface area contributed by atoms with E-state index in [2.05, 4.69) is 69.2 Å². The molecule has 0 saturated carbocycles. The summed E-state index contributed by atoms with van der Waals surface area (Å²) in [5.41, 5.74) is 3.64. The van der Waals surface area contributed by atoms with Crippen LogP contribution < -0.4 is 9.80 Å². The lowest BCUT2D eigenvalue weighted by Gasteiger charge is -2.25. The molecule has 1 fully saturated rings. The number of anilines is 2. The zero-order chi connectivity index (χ0) is 16.4. The lowest BCUT2D eigenvalue weighted by atomic mass is 10.2. The monoisotopic (exact) mass is 318 g/mol. The van der Waals surface area contributed by atoms with E-state index in [4.69, 9.17) is 0 Å². The van der Waals surface area contributed by atoms with E-state index in [1.807, 2.05) is 6.07 Å². The molecule has 4 rings (SSSR count). The van der Waals surface area contributed by atoms with Gasteiger partial charge in [0.2, 0.25) is 0 Å². The highest BCUT2D eigenvalue weighted by atomic mass is 15.3. The van der Waals surface area contributed by atoms with Crippen molar-refractivity contribution in [3.05, 3.63) is 60.4 Å². The van der Waals surface area contributed by atoms with E-state index in [1.165, 1.54) is 11.3 Å². The van der Waals surface area contributed by atoms with Gasteiger partial charge in [-0.15, -0.1) is 0 Å². The molecule has 24 heavy (non-hydrogen) atoms. The molecule has 0 amide bonds. The van der Waals surface area contributed by atoms with Gasteiger partial charge in [-0.2, -0.15) is 0 Å². The van der Waals surface area contributed by atoms with Crippen molar-refractivity contribution in [1.29, 1.82) is 0 Å². The quantitative estimate of drug-likeness (QED) is 0.722. The molecule has 122 valence electrons. The summed E-state index contributed by atoms with van der Waals surface area (Å²) >= 11 is 0. The van der Waals surface area contributed by atoms with Gasteiger partial charge in [0.05, 0.1) is 5.52 Å². The van der Waals surface area contributed by atoms with E-state index in [-0.39, 0.29) is 0 Å². The summed E-state index contributed by atoms with van der Waals surface area (Å²) in [6.45, 7) is 6.25. The molecular formula is C20H22N4. The van der Waals surface area contributed by atoms with Crippen LogP contribution in [0.15, 0.2) is 54.9 Å². The van der Waals surface area contributed by atoms with E-state index in [9.17, 15) is 0 Å². The number of hydrogen-bond acceptors (Lipinski definition) is 4. The van der Waals surface area contributed by atoms with E-state index in [1.54, 1.807) is 6.33 Å². The topological polar surface area (TPSA) is 32.3 Å². The number of benzene rings is 2. The molecule has 0 radical (unpaired) electrons. The smallest absolute Gasteiger partial charge is 0.139 e. The molecule has 4 nitrogen and oxygen atoms in total. The minimum atomic E-state index is 0.981. The molecule has 0 N–H and O–H groups in total. The first-order chi connectivity index (χ1) is 11.8. The fourth-order valence-electron chi connectivity index (χ4n) is 3.39. The molecule has 0 atom stereocenters. The van der Waals surface area contributed by atoms with Crippen LogP contribution in [0.3, 0.4) is 0 Å². The van der Waals surface area contributed by atoms with E-state index in [0.717, 1.165) is 49.3 Å². The van der Waals surface area contributed by atoms with Gasteiger partial charge < -0.3 is 9.80 Å². The summed E-state index contributed by atoms with van der Waals surface area (Å²) in [7, 11) is 0. The summed E-state index contributed by atoms with van der Waals surface area (Å²) in [4.78, 5) is 13.8. The second-order valence-electron chi connectivity index (χ2n) is 6.38. The average molecular weight is 318 g/mol. The highest BCUT2D eigenvalue weighted by Crippen LogP contribution is 2.25.